The van der Waals surface area contributed by atoms with Crippen LogP contribution in [0.2, 0.25) is 0 Å². The molecule has 0 amide bonds. The Hall–Kier alpha value is -2.66. The number of fused-ring (bicyclic) bond motifs is 1. The van der Waals surface area contributed by atoms with Crippen LogP contribution in [-0.2, 0) is 4.74 Å². The Morgan fingerprint density at radius 2 is 1.90 bits per heavy atom. The summed E-state index contributed by atoms with van der Waals surface area (Å²) in [7, 11) is 1.57. The zero-order chi connectivity index (χ0) is 14.7. The molecular formula is C16H14N2O3. The van der Waals surface area contributed by atoms with E-state index in [0.717, 1.165) is 16.5 Å². The van der Waals surface area contributed by atoms with E-state index in [-0.39, 0.29) is 12.5 Å². The van der Waals surface area contributed by atoms with Crippen LogP contribution in [-0.4, -0.2) is 29.2 Å². The fraction of sp³-hybridized carbons (Fsp3) is 0.125. The van der Waals surface area contributed by atoms with Gasteiger partial charge in [0, 0.05) is 18.1 Å². The molecule has 21 heavy (non-hydrogen) atoms. The van der Waals surface area contributed by atoms with Crippen LogP contribution in [0.25, 0.3) is 22.2 Å². The molecule has 0 aliphatic heterocycles. The van der Waals surface area contributed by atoms with Gasteiger partial charge < -0.3 is 14.6 Å². The van der Waals surface area contributed by atoms with Crippen molar-refractivity contribution in [3.63, 3.8) is 0 Å². The number of phenolic OH excluding ortho intramolecular Hbond substituents is 1. The molecule has 2 aromatic carbocycles. The summed E-state index contributed by atoms with van der Waals surface area (Å²) >= 11 is 0. The zero-order valence-electron chi connectivity index (χ0n) is 11.5. The first kappa shape index (κ1) is 13.3. The average Bonchev–Trinajstić information content (AvgIpc) is 2.52. The number of para-hydroxylation sites is 1. The number of rotatable bonds is 4. The normalized spacial score (nSPS) is 10.7. The Balaban J connectivity index is 2.07. The van der Waals surface area contributed by atoms with Crippen molar-refractivity contribution in [2.24, 2.45) is 0 Å². The molecule has 5 nitrogen and oxygen atoms in total. The van der Waals surface area contributed by atoms with Crippen molar-refractivity contribution in [2.75, 3.05) is 13.9 Å². The first-order chi connectivity index (χ1) is 10.3. The number of methoxy groups -OCH3 is 1. The molecule has 0 radical (unpaired) electrons. The maximum atomic E-state index is 9.57. The number of hydrogen-bond donors (Lipinski definition) is 1. The van der Waals surface area contributed by atoms with Crippen LogP contribution < -0.4 is 4.74 Å². The van der Waals surface area contributed by atoms with Crippen LogP contribution >= 0.6 is 0 Å². The third-order valence-electron chi connectivity index (χ3n) is 3.06. The number of aromatic hydroxyl groups is 1. The molecule has 0 spiro atoms. The van der Waals surface area contributed by atoms with Crippen molar-refractivity contribution >= 4 is 10.9 Å². The Morgan fingerprint density at radius 3 is 2.76 bits per heavy atom. The van der Waals surface area contributed by atoms with Gasteiger partial charge in [0.15, 0.2) is 6.79 Å². The first-order valence-electron chi connectivity index (χ1n) is 6.45. The number of hydrogen-bond acceptors (Lipinski definition) is 5. The van der Waals surface area contributed by atoms with Crippen LogP contribution in [0, 0.1) is 0 Å². The monoisotopic (exact) mass is 282 g/mol. The highest BCUT2D eigenvalue weighted by molar-refractivity contribution is 5.84. The van der Waals surface area contributed by atoms with Gasteiger partial charge in [0.05, 0.1) is 11.2 Å². The predicted octanol–water partition coefficient (Wildman–Crippen LogP) is 2.99. The number of ether oxygens (including phenoxy) is 2. The lowest BCUT2D eigenvalue weighted by molar-refractivity contribution is 0.0515. The number of phenols is 1. The summed E-state index contributed by atoms with van der Waals surface area (Å²) in [5.41, 5.74) is 2.24. The highest BCUT2D eigenvalue weighted by Gasteiger charge is 2.09. The summed E-state index contributed by atoms with van der Waals surface area (Å²) in [4.78, 5) is 0. The van der Waals surface area contributed by atoms with E-state index in [1.807, 2.05) is 30.3 Å². The Labute approximate surface area is 121 Å². The van der Waals surface area contributed by atoms with Crippen molar-refractivity contribution in [1.29, 1.82) is 0 Å². The molecule has 3 rings (SSSR count). The standard InChI is InChI=1S/C16H14N2O3/c1-20-10-21-16-5-3-2-4-13(16)15-9-11-8-12(19)6-7-14(11)17-18-15/h2-9,19H,10H2,1H3. The maximum absolute atomic E-state index is 9.57. The van der Waals surface area contributed by atoms with Gasteiger partial charge in [0.25, 0.3) is 0 Å². The van der Waals surface area contributed by atoms with Gasteiger partial charge in [-0.3, -0.25) is 0 Å². The molecule has 1 aromatic heterocycles. The van der Waals surface area contributed by atoms with Gasteiger partial charge in [-0.1, -0.05) is 12.1 Å². The molecule has 0 saturated carbocycles. The molecule has 0 aliphatic rings. The molecule has 5 heteroatoms. The average molecular weight is 282 g/mol. The molecule has 1 N–H and O–H groups in total. The van der Waals surface area contributed by atoms with E-state index in [1.165, 1.54) is 0 Å². The fourth-order valence-corrected chi connectivity index (χ4v) is 2.09. The molecule has 1 heterocycles. The lowest BCUT2D eigenvalue weighted by Gasteiger charge is -2.10. The van der Waals surface area contributed by atoms with Crippen LogP contribution in [0.15, 0.2) is 48.5 Å². The maximum Gasteiger partial charge on any atom is 0.188 e. The number of benzene rings is 2. The van der Waals surface area contributed by atoms with Crippen LogP contribution in [0.4, 0.5) is 0 Å². The Morgan fingerprint density at radius 1 is 1.05 bits per heavy atom. The molecule has 3 aromatic rings. The Bertz CT molecular complexity index is 774. The van der Waals surface area contributed by atoms with Crippen molar-refractivity contribution in [3.8, 4) is 22.8 Å². The molecule has 0 atom stereocenters. The smallest absolute Gasteiger partial charge is 0.188 e. The quantitative estimate of drug-likeness (QED) is 0.745. The summed E-state index contributed by atoms with van der Waals surface area (Å²) in [6.07, 6.45) is 0. The van der Waals surface area contributed by atoms with E-state index in [9.17, 15) is 5.11 Å². The lowest BCUT2D eigenvalue weighted by atomic mass is 10.1. The molecular weight excluding hydrogens is 268 g/mol. The summed E-state index contributed by atoms with van der Waals surface area (Å²) in [6.45, 7) is 0.165. The molecule has 0 fully saturated rings. The van der Waals surface area contributed by atoms with E-state index in [2.05, 4.69) is 10.2 Å². The van der Waals surface area contributed by atoms with Gasteiger partial charge in [-0.25, -0.2) is 0 Å². The van der Waals surface area contributed by atoms with E-state index >= 15 is 0 Å². The van der Waals surface area contributed by atoms with Crippen molar-refractivity contribution < 1.29 is 14.6 Å². The van der Waals surface area contributed by atoms with Gasteiger partial charge in [-0.15, -0.1) is 10.2 Å². The van der Waals surface area contributed by atoms with Crippen LogP contribution in [0.3, 0.4) is 0 Å². The van der Waals surface area contributed by atoms with Gasteiger partial charge >= 0.3 is 0 Å². The van der Waals surface area contributed by atoms with Crippen molar-refractivity contribution in [3.05, 3.63) is 48.5 Å². The highest BCUT2D eigenvalue weighted by atomic mass is 16.7. The summed E-state index contributed by atoms with van der Waals surface area (Å²) in [6, 6.07) is 14.4. The third kappa shape index (κ3) is 2.78. The van der Waals surface area contributed by atoms with E-state index in [0.29, 0.717) is 11.4 Å². The SMILES string of the molecule is COCOc1ccccc1-c1cc2cc(O)ccc2nn1. The van der Waals surface area contributed by atoms with Crippen molar-refractivity contribution in [1.82, 2.24) is 10.2 Å². The molecule has 0 saturated heterocycles. The van der Waals surface area contributed by atoms with Gasteiger partial charge in [-0.2, -0.15) is 0 Å². The Kier molecular flexibility index (Phi) is 3.66. The third-order valence-corrected chi connectivity index (χ3v) is 3.06. The first-order valence-corrected chi connectivity index (χ1v) is 6.45. The molecule has 106 valence electrons. The van der Waals surface area contributed by atoms with Crippen LogP contribution in [0.5, 0.6) is 11.5 Å². The minimum atomic E-state index is 0.165. The molecule has 0 unspecified atom stereocenters. The second kappa shape index (κ2) is 5.76. The topological polar surface area (TPSA) is 64.5 Å². The highest BCUT2D eigenvalue weighted by Crippen LogP contribution is 2.30. The summed E-state index contributed by atoms with van der Waals surface area (Å²) < 4.78 is 10.5. The van der Waals surface area contributed by atoms with Gasteiger partial charge in [-0.05, 0) is 36.4 Å². The van der Waals surface area contributed by atoms with Gasteiger partial charge in [0.2, 0.25) is 0 Å². The minimum absolute atomic E-state index is 0.165. The molecule has 0 bridgehead atoms. The van der Waals surface area contributed by atoms with E-state index < -0.39 is 0 Å². The predicted molar refractivity (Wildman–Crippen MR) is 79.1 cm³/mol. The minimum Gasteiger partial charge on any atom is -0.508 e. The van der Waals surface area contributed by atoms with E-state index in [4.69, 9.17) is 9.47 Å². The van der Waals surface area contributed by atoms with E-state index in [1.54, 1.807) is 25.3 Å². The summed E-state index contributed by atoms with van der Waals surface area (Å²) in [5, 5.41) is 18.8. The second-order valence-electron chi connectivity index (χ2n) is 4.52. The molecule has 0 aliphatic carbocycles. The van der Waals surface area contributed by atoms with Crippen LogP contribution in [0.1, 0.15) is 0 Å². The second-order valence-corrected chi connectivity index (χ2v) is 4.52. The summed E-state index contributed by atoms with van der Waals surface area (Å²) in [5.74, 6) is 0.874. The van der Waals surface area contributed by atoms with Gasteiger partial charge in [0.1, 0.15) is 11.5 Å². The zero-order valence-corrected chi connectivity index (χ0v) is 11.5. The number of nitrogens with zero attached hydrogens (tertiary/aromatic N) is 2. The fourth-order valence-electron chi connectivity index (χ4n) is 2.09. The lowest BCUT2D eigenvalue weighted by Crippen LogP contribution is -2.00. The van der Waals surface area contributed by atoms with Crippen molar-refractivity contribution in [2.45, 2.75) is 0 Å². The number of aromatic nitrogens is 2. The largest absolute Gasteiger partial charge is 0.508 e.